The van der Waals surface area contributed by atoms with E-state index in [0.717, 1.165) is 17.7 Å². The van der Waals surface area contributed by atoms with Gasteiger partial charge >= 0.3 is 5.69 Å². The Morgan fingerprint density at radius 2 is 2.05 bits per heavy atom. The van der Waals surface area contributed by atoms with E-state index in [4.69, 9.17) is 0 Å². The molecule has 0 atom stereocenters. The van der Waals surface area contributed by atoms with Gasteiger partial charge in [0.2, 0.25) is 0 Å². The van der Waals surface area contributed by atoms with E-state index in [0.29, 0.717) is 16.4 Å². The molecule has 0 bridgehead atoms. The van der Waals surface area contributed by atoms with Gasteiger partial charge in [-0.1, -0.05) is 0 Å². The second kappa shape index (κ2) is 4.32. The molecule has 1 aliphatic carbocycles. The predicted molar refractivity (Wildman–Crippen MR) is 74.6 cm³/mol. The Balaban J connectivity index is 1.67. The quantitative estimate of drug-likeness (QED) is 0.830. The van der Waals surface area contributed by atoms with Crippen LogP contribution < -0.4 is 11.0 Å². The number of amides is 1. The fourth-order valence-electron chi connectivity index (χ4n) is 2.31. The van der Waals surface area contributed by atoms with Gasteiger partial charge in [0.05, 0.1) is 11.3 Å². The monoisotopic (exact) mass is 302 g/mol. The molecule has 21 heavy (non-hydrogen) atoms. The molecule has 1 aromatic carbocycles. The maximum absolute atomic E-state index is 11.7. The molecule has 0 unspecified atom stereocenters. The number of nitrogens with one attached hydrogen (secondary N) is 2. The molecule has 2 aliphatic rings. The Morgan fingerprint density at radius 3 is 2.81 bits per heavy atom. The highest BCUT2D eigenvalue weighted by atomic mass is 32.2. The van der Waals surface area contributed by atoms with Crippen molar-refractivity contribution in [1.29, 1.82) is 0 Å². The lowest BCUT2D eigenvalue weighted by atomic mass is 10.1. The number of H-pyrrole nitrogens is 1. The van der Waals surface area contributed by atoms with E-state index in [1.807, 2.05) is 0 Å². The number of hydrogen-bond acceptors (Lipinski definition) is 5. The fraction of sp³-hybridized carbons (Fsp3) is 0.231. The van der Waals surface area contributed by atoms with Gasteiger partial charge in [-0.15, -0.1) is 5.10 Å². The maximum atomic E-state index is 11.7. The summed E-state index contributed by atoms with van der Waals surface area (Å²) < 4.78 is 1.65. The van der Waals surface area contributed by atoms with Crippen LogP contribution in [0.25, 0.3) is 0 Å². The third-order valence-electron chi connectivity index (χ3n) is 3.48. The second-order valence-corrected chi connectivity index (χ2v) is 6.05. The zero-order valence-electron chi connectivity index (χ0n) is 10.8. The van der Waals surface area contributed by atoms with Gasteiger partial charge in [-0.3, -0.25) is 14.2 Å². The lowest BCUT2D eigenvalue weighted by Crippen LogP contribution is -2.15. The molecule has 1 aromatic heterocycles. The van der Waals surface area contributed by atoms with Gasteiger partial charge in [0.25, 0.3) is 11.7 Å². The number of aromatic amines is 1. The molecule has 2 heterocycles. The minimum Gasteiger partial charge on any atom is -0.318 e. The molecule has 2 N–H and O–H groups in total. The molecule has 0 saturated heterocycles. The summed E-state index contributed by atoms with van der Waals surface area (Å²) in [6.45, 7) is 0. The number of nitrogens with zero attached hydrogens (tertiary/aromatic N) is 2. The van der Waals surface area contributed by atoms with E-state index in [2.05, 4.69) is 15.5 Å². The summed E-state index contributed by atoms with van der Waals surface area (Å²) in [5.41, 5.74) is 0.682. The molecule has 1 aliphatic heterocycles. The van der Waals surface area contributed by atoms with Crippen LogP contribution >= 0.6 is 11.8 Å². The van der Waals surface area contributed by atoms with Crippen molar-refractivity contribution in [3.05, 3.63) is 34.2 Å². The number of carbonyl (C=O) groups is 2. The minimum absolute atomic E-state index is 0.204. The van der Waals surface area contributed by atoms with Gasteiger partial charge in [0.15, 0.2) is 5.16 Å². The molecule has 7 nitrogen and oxygen atoms in total. The van der Waals surface area contributed by atoms with Crippen LogP contribution in [0.4, 0.5) is 5.69 Å². The summed E-state index contributed by atoms with van der Waals surface area (Å²) in [6, 6.07) is 5.32. The third-order valence-corrected chi connectivity index (χ3v) is 4.44. The maximum Gasteiger partial charge on any atom is 0.344 e. The molecule has 1 saturated carbocycles. The Bertz CT molecular complexity index is 834. The Kier molecular flexibility index (Phi) is 2.55. The van der Waals surface area contributed by atoms with Crippen molar-refractivity contribution < 1.29 is 9.59 Å². The van der Waals surface area contributed by atoms with Crippen molar-refractivity contribution >= 4 is 29.1 Å². The van der Waals surface area contributed by atoms with Crippen LogP contribution in [0.5, 0.6) is 0 Å². The van der Waals surface area contributed by atoms with E-state index >= 15 is 0 Å². The zero-order chi connectivity index (χ0) is 14.6. The number of rotatable bonds is 3. The van der Waals surface area contributed by atoms with Crippen molar-refractivity contribution in [1.82, 2.24) is 14.8 Å². The molecule has 0 spiro atoms. The summed E-state index contributed by atoms with van der Waals surface area (Å²) in [5.74, 6) is -1.13. The lowest BCUT2D eigenvalue weighted by Gasteiger charge is -2.04. The Morgan fingerprint density at radius 1 is 1.24 bits per heavy atom. The average molecular weight is 302 g/mol. The number of Topliss-reactive ketones (excluding diaryl/α,β-unsaturated/α-hetero) is 1. The summed E-state index contributed by atoms with van der Waals surface area (Å²) in [7, 11) is 0. The standard InChI is InChI=1S/C13H10N4O3S/c18-10-8-4-3-7(5-9(8)14-11(10)19)21-13-16-15-12(20)17(13)6-1-2-6/h3-6H,1-2H2,(H,15,20)(H,14,18,19). The molecule has 0 radical (unpaired) electrons. The number of hydrogen-bond donors (Lipinski definition) is 2. The number of fused-ring (bicyclic) bond motifs is 1. The number of carbonyl (C=O) groups excluding carboxylic acids is 2. The predicted octanol–water partition coefficient (Wildman–Crippen LogP) is 1.19. The number of aromatic nitrogens is 3. The van der Waals surface area contributed by atoms with Gasteiger partial charge < -0.3 is 5.32 Å². The van der Waals surface area contributed by atoms with E-state index in [1.54, 1.807) is 22.8 Å². The topological polar surface area (TPSA) is 96.8 Å². The van der Waals surface area contributed by atoms with Crippen LogP contribution in [0.1, 0.15) is 29.2 Å². The first-order valence-electron chi connectivity index (χ1n) is 6.48. The van der Waals surface area contributed by atoms with Crippen LogP contribution in [0.3, 0.4) is 0 Å². The van der Waals surface area contributed by atoms with Crippen LogP contribution in [0, 0.1) is 0 Å². The van der Waals surface area contributed by atoms with Gasteiger partial charge in [-0.05, 0) is 42.8 Å². The van der Waals surface area contributed by atoms with Crippen molar-refractivity contribution in [2.75, 3.05) is 5.32 Å². The molecular weight excluding hydrogens is 292 g/mol. The van der Waals surface area contributed by atoms with Crippen LogP contribution in [0.15, 0.2) is 33.0 Å². The summed E-state index contributed by atoms with van der Waals surface area (Å²) in [5, 5.41) is 9.61. The molecule has 2 aromatic rings. The molecular formula is C13H10N4O3S. The Hall–Kier alpha value is -2.35. The third kappa shape index (κ3) is 1.99. The zero-order valence-corrected chi connectivity index (χ0v) is 11.6. The number of anilines is 1. The van der Waals surface area contributed by atoms with E-state index in [9.17, 15) is 14.4 Å². The van der Waals surface area contributed by atoms with E-state index in [1.165, 1.54) is 11.8 Å². The van der Waals surface area contributed by atoms with Crippen molar-refractivity contribution in [2.45, 2.75) is 28.9 Å². The van der Waals surface area contributed by atoms with Crippen molar-refractivity contribution in [2.24, 2.45) is 0 Å². The molecule has 106 valence electrons. The fourth-order valence-corrected chi connectivity index (χ4v) is 3.26. The molecule has 1 amide bonds. The highest BCUT2D eigenvalue weighted by molar-refractivity contribution is 7.99. The SMILES string of the molecule is O=C1Nc2cc(Sc3n[nH]c(=O)n3C3CC3)ccc2C1=O. The number of ketones is 1. The second-order valence-electron chi connectivity index (χ2n) is 5.01. The van der Waals surface area contributed by atoms with Crippen LogP contribution in [-0.2, 0) is 4.79 Å². The summed E-state index contributed by atoms with van der Waals surface area (Å²) in [4.78, 5) is 35.4. The summed E-state index contributed by atoms with van der Waals surface area (Å²) >= 11 is 1.33. The normalized spacial score (nSPS) is 17.0. The van der Waals surface area contributed by atoms with Crippen LogP contribution in [0.2, 0.25) is 0 Å². The highest BCUT2D eigenvalue weighted by Crippen LogP contribution is 2.38. The van der Waals surface area contributed by atoms with Gasteiger partial charge in [-0.2, -0.15) is 0 Å². The van der Waals surface area contributed by atoms with Crippen molar-refractivity contribution in [3.63, 3.8) is 0 Å². The molecule has 4 rings (SSSR count). The van der Waals surface area contributed by atoms with Gasteiger partial charge in [0.1, 0.15) is 0 Å². The van der Waals surface area contributed by atoms with E-state index < -0.39 is 11.7 Å². The van der Waals surface area contributed by atoms with Crippen molar-refractivity contribution in [3.8, 4) is 0 Å². The Labute approximate surface area is 122 Å². The van der Waals surface area contributed by atoms with E-state index in [-0.39, 0.29) is 11.7 Å². The first-order valence-corrected chi connectivity index (χ1v) is 7.29. The van der Waals surface area contributed by atoms with Gasteiger partial charge in [0, 0.05) is 10.9 Å². The highest BCUT2D eigenvalue weighted by Gasteiger charge is 2.30. The minimum atomic E-state index is -0.609. The summed E-state index contributed by atoms with van der Waals surface area (Å²) in [6.07, 6.45) is 1.98. The van der Waals surface area contributed by atoms with Crippen LogP contribution in [-0.4, -0.2) is 26.5 Å². The first-order chi connectivity index (χ1) is 10.1. The molecule has 1 fully saturated rings. The average Bonchev–Trinajstić information content (AvgIpc) is 3.17. The smallest absolute Gasteiger partial charge is 0.318 e. The lowest BCUT2D eigenvalue weighted by molar-refractivity contribution is -0.112. The molecule has 8 heteroatoms. The van der Waals surface area contributed by atoms with Gasteiger partial charge in [-0.25, -0.2) is 9.89 Å². The number of benzene rings is 1. The first kappa shape index (κ1) is 12.4. The largest absolute Gasteiger partial charge is 0.344 e.